The molecule has 1 heterocycles. The maximum Gasteiger partial charge on any atom is 0.332 e. The molecule has 2 atom stereocenters. The fourth-order valence-corrected chi connectivity index (χ4v) is 1.78. The number of hydrogen-bond acceptors (Lipinski definition) is 3. The zero-order valence-corrected chi connectivity index (χ0v) is 9.35. The summed E-state index contributed by atoms with van der Waals surface area (Å²) in [6.45, 7) is 2.91. The van der Waals surface area contributed by atoms with E-state index in [1.165, 1.54) is 0 Å². The number of hydrogen-bond donors (Lipinski definition) is 3. The van der Waals surface area contributed by atoms with E-state index in [4.69, 9.17) is 10.2 Å². The van der Waals surface area contributed by atoms with Gasteiger partial charge in [0.25, 0.3) is 0 Å². The number of carbonyl (C=O) groups is 2. The van der Waals surface area contributed by atoms with E-state index in [0.717, 1.165) is 19.4 Å². The van der Waals surface area contributed by atoms with Crippen LogP contribution in [0.25, 0.3) is 0 Å². The van der Waals surface area contributed by atoms with Gasteiger partial charge < -0.3 is 20.4 Å². The Bertz CT molecular complexity index is 270. The molecule has 16 heavy (non-hydrogen) atoms. The SMILES string of the molecule is CC1CCCN1C(=O)NCCC(O)C(=O)O. The van der Waals surface area contributed by atoms with E-state index in [1.54, 1.807) is 4.90 Å². The number of rotatable bonds is 4. The molecule has 0 radical (unpaired) electrons. The third-order valence-corrected chi connectivity index (χ3v) is 2.79. The first-order valence-electron chi connectivity index (χ1n) is 5.47. The van der Waals surface area contributed by atoms with Crippen molar-refractivity contribution in [2.75, 3.05) is 13.1 Å². The van der Waals surface area contributed by atoms with Gasteiger partial charge >= 0.3 is 12.0 Å². The first kappa shape index (κ1) is 12.8. The standard InChI is InChI=1S/C10H18N2O4/c1-7-3-2-6-12(7)10(16)11-5-4-8(13)9(14)15/h7-8,13H,2-6H2,1H3,(H,11,16)(H,14,15). The number of urea groups is 1. The van der Waals surface area contributed by atoms with Gasteiger partial charge in [-0.25, -0.2) is 9.59 Å². The summed E-state index contributed by atoms with van der Waals surface area (Å²) in [5.74, 6) is -1.26. The Morgan fingerprint density at radius 1 is 1.56 bits per heavy atom. The molecular weight excluding hydrogens is 212 g/mol. The van der Waals surface area contributed by atoms with Gasteiger partial charge in [-0.05, 0) is 19.8 Å². The Balaban J connectivity index is 2.22. The summed E-state index contributed by atoms with van der Waals surface area (Å²) in [6, 6.07) is 0.0620. The molecule has 1 aliphatic heterocycles. The van der Waals surface area contributed by atoms with Crippen LogP contribution in [0.5, 0.6) is 0 Å². The Labute approximate surface area is 94.2 Å². The fraction of sp³-hybridized carbons (Fsp3) is 0.800. The number of nitrogens with zero attached hydrogens (tertiary/aromatic N) is 1. The van der Waals surface area contributed by atoms with Crippen LogP contribution in [0.1, 0.15) is 26.2 Å². The average Bonchev–Trinajstić information content (AvgIpc) is 2.64. The lowest BCUT2D eigenvalue weighted by Gasteiger charge is -2.21. The molecule has 1 fully saturated rings. The summed E-state index contributed by atoms with van der Waals surface area (Å²) in [6.07, 6.45) is 0.636. The molecule has 2 unspecified atom stereocenters. The number of carboxylic acid groups (broad SMARTS) is 1. The molecule has 1 rings (SSSR count). The number of likely N-dealkylation sites (tertiary alicyclic amines) is 1. The highest BCUT2D eigenvalue weighted by Gasteiger charge is 2.24. The number of carbonyl (C=O) groups excluding carboxylic acids is 1. The van der Waals surface area contributed by atoms with Crippen molar-refractivity contribution in [1.29, 1.82) is 0 Å². The summed E-state index contributed by atoms with van der Waals surface area (Å²) >= 11 is 0. The minimum atomic E-state index is -1.41. The van der Waals surface area contributed by atoms with Gasteiger partial charge in [-0.1, -0.05) is 0 Å². The predicted octanol–water partition coefficient (Wildman–Crippen LogP) is 0.0159. The van der Waals surface area contributed by atoms with E-state index in [9.17, 15) is 9.59 Å². The van der Waals surface area contributed by atoms with Crippen molar-refractivity contribution in [2.45, 2.75) is 38.3 Å². The maximum absolute atomic E-state index is 11.6. The monoisotopic (exact) mass is 230 g/mol. The van der Waals surface area contributed by atoms with Crippen LogP contribution in [0.15, 0.2) is 0 Å². The Kier molecular flexibility index (Phi) is 4.54. The highest BCUT2D eigenvalue weighted by atomic mass is 16.4. The highest BCUT2D eigenvalue weighted by molar-refractivity contribution is 5.75. The normalized spacial score (nSPS) is 21.9. The van der Waals surface area contributed by atoms with Gasteiger partial charge in [0.1, 0.15) is 0 Å². The topological polar surface area (TPSA) is 89.9 Å². The van der Waals surface area contributed by atoms with Gasteiger partial charge in [-0.15, -0.1) is 0 Å². The first-order valence-corrected chi connectivity index (χ1v) is 5.47. The highest BCUT2D eigenvalue weighted by Crippen LogP contribution is 2.15. The molecule has 92 valence electrons. The molecule has 1 saturated heterocycles. The molecular formula is C10H18N2O4. The van der Waals surface area contributed by atoms with Gasteiger partial charge in [-0.3, -0.25) is 0 Å². The van der Waals surface area contributed by atoms with Crippen molar-refractivity contribution in [3.05, 3.63) is 0 Å². The summed E-state index contributed by atoms with van der Waals surface area (Å²) in [5, 5.41) is 20.0. The third-order valence-electron chi connectivity index (χ3n) is 2.79. The molecule has 6 heteroatoms. The van der Waals surface area contributed by atoms with Crippen LogP contribution in [0.4, 0.5) is 4.79 Å². The van der Waals surface area contributed by atoms with Crippen LogP contribution in [0, 0.1) is 0 Å². The number of aliphatic hydroxyl groups excluding tert-OH is 1. The second kappa shape index (κ2) is 5.69. The Hall–Kier alpha value is -1.30. The van der Waals surface area contributed by atoms with E-state index in [-0.39, 0.29) is 25.0 Å². The molecule has 0 aliphatic carbocycles. The van der Waals surface area contributed by atoms with E-state index < -0.39 is 12.1 Å². The van der Waals surface area contributed by atoms with Crippen LogP contribution < -0.4 is 5.32 Å². The van der Waals surface area contributed by atoms with Gasteiger partial charge in [0, 0.05) is 25.6 Å². The fourth-order valence-electron chi connectivity index (χ4n) is 1.78. The maximum atomic E-state index is 11.6. The first-order chi connectivity index (χ1) is 7.52. The van der Waals surface area contributed by atoms with Crippen LogP contribution in [-0.2, 0) is 4.79 Å². The lowest BCUT2D eigenvalue weighted by Crippen LogP contribution is -2.42. The number of carboxylic acids is 1. The van der Waals surface area contributed by atoms with Crippen molar-refractivity contribution in [1.82, 2.24) is 10.2 Å². The van der Waals surface area contributed by atoms with Crippen molar-refractivity contribution < 1.29 is 19.8 Å². The number of aliphatic hydroxyl groups is 1. The van der Waals surface area contributed by atoms with Gasteiger partial charge in [-0.2, -0.15) is 0 Å². The van der Waals surface area contributed by atoms with Gasteiger partial charge in [0.05, 0.1) is 0 Å². The zero-order valence-electron chi connectivity index (χ0n) is 9.35. The van der Waals surface area contributed by atoms with Crippen molar-refractivity contribution in [3.8, 4) is 0 Å². The summed E-state index contributed by atoms with van der Waals surface area (Å²) < 4.78 is 0. The summed E-state index contributed by atoms with van der Waals surface area (Å²) in [5.41, 5.74) is 0. The molecule has 1 aliphatic rings. The minimum Gasteiger partial charge on any atom is -0.479 e. The van der Waals surface area contributed by atoms with E-state index >= 15 is 0 Å². The quantitative estimate of drug-likeness (QED) is 0.635. The smallest absolute Gasteiger partial charge is 0.332 e. The lowest BCUT2D eigenvalue weighted by atomic mass is 10.2. The molecule has 0 aromatic rings. The van der Waals surface area contributed by atoms with Gasteiger partial charge in [0.2, 0.25) is 0 Å². The molecule has 0 saturated carbocycles. The molecule has 0 spiro atoms. The second-order valence-corrected chi connectivity index (χ2v) is 4.06. The Morgan fingerprint density at radius 3 is 2.75 bits per heavy atom. The Morgan fingerprint density at radius 2 is 2.25 bits per heavy atom. The van der Waals surface area contributed by atoms with Crippen molar-refractivity contribution in [3.63, 3.8) is 0 Å². The lowest BCUT2D eigenvalue weighted by molar-refractivity contribution is -0.146. The predicted molar refractivity (Wildman–Crippen MR) is 57.1 cm³/mol. The van der Waals surface area contributed by atoms with Crippen LogP contribution in [-0.4, -0.2) is 52.3 Å². The van der Waals surface area contributed by atoms with Crippen LogP contribution in [0.2, 0.25) is 0 Å². The minimum absolute atomic E-state index is 0.0310. The van der Waals surface area contributed by atoms with Crippen LogP contribution in [0.3, 0.4) is 0 Å². The molecule has 6 nitrogen and oxygen atoms in total. The second-order valence-electron chi connectivity index (χ2n) is 4.06. The molecule has 3 N–H and O–H groups in total. The molecule has 0 aromatic heterocycles. The van der Waals surface area contributed by atoms with E-state index in [1.807, 2.05) is 6.92 Å². The molecule has 0 aromatic carbocycles. The average molecular weight is 230 g/mol. The third kappa shape index (κ3) is 3.37. The molecule has 0 bridgehead atoms. The van der Waals surface area contributed by atoms with Crippen molar-refractivity contribution >= 4 is 12.0 Å². The van der Waals surface area contributed by atoms with E-state index in [2.05, 4.69) is 5.32 Å². The number of aliphatic carboxylic acids is 1. The van der Waals surface area contributed by atoms with Crippen molar-refractivity contribution in [2.24, 2.45) is 0 Å². The van der Waals surface area contributed by atoms with E-state index in [0.29, 0.717) is 0 Å². The molecule has 2 amide bonds. The number of amides is 2. The number of nitrogens with one attached hydrogen (secondary N) is 1. The summed E-state index contributed by atoms with van der Waals surface area (Å²) in [7, 11) is 0. The zero-order chi connectivity index (χ0) is 12.1. The van der Waals surface area contributed by atoms with Gasteiger partial charge in [0.15, 0.2) is 6.10 Å². The largest absolute Gasteiger partial charge is 0.479 e. The van der Waals surface area contributed by atoms with Crippen LogP contribution >= 0.6 is 0 Å². The summed E-state index contributed by atoms with van der Waals surface area (Å²) in [4.78, 5) is 23.6.